The second-order valence-electron chi connectivity index (χ2n) is 4.92. The predicted octanol–water partition coefficient (Wildman–Crippen LogP) is 2.64. The number of rotatable bonds is 6. The smallest absolute Gasteiger partial charge is 0.127 e. The SMILES string of the molecule is CC(C)NCC(C)N(C)Cc1ccccc1F. The Hall–Kier alpha value is -0.930. The van der Waals surface area contributed by atoms with Crippen LogP contribution in [0, 0.1) is 5.82 Å². The third kappa shape index (κ3) is 4.84. The molecule has 0 heterocycles. The molecule has 1 aromatic rings. The summed E-state index contributed by atoms with van der Waals surface area (Å²) in [7, 11) is 2.03. The van der Waals surface area contributed by atoms with Crippen molar-refractivity contribution in [3.05, 3.63) is 35.6 Å². The number of nitrogens with one attached hydrogen (secondary N) is 1. The molecule has 0 spiro atoms. The number of benzene rings is 1. The van der Waals surface area contributed by atoms with E-state index in [2.05, 4.69) is 31.0 Å². The topological polar surface area (TPSA) is 15.3 Å². The average Bonchev–Trinajstić information content (AvgIpc) is 2.28. The maximum absolute atomic E-state index is 13.5. The van der Waals surface area contributed by atoms with E-state index in [1.807, 2.05) is 19.2 Å². The molecule has 0 amide bonds. The van der Waals surface area contributed by atoms with Crippen molar-refractivity contribution in [1.29, 1.82) is 0 Å². The molecule has 0 saturated carbocycles. The van der Waals surface area contributed by atoms with E-state index < -0.39 is 0 Å². The van der Waals surface area contributed by atoms with Crippen molar-refractivity contribution in [2.24, 2.45) is 0 Å². The largest absolute Gasteiger partial charge is 0.313 e. The fraction of sp³-hybridized carbons (Fsp3) is 0.571. The van der Waals surface area contributed by atoms with Gasteiger partial charge in [-0.15, -0.1) is 0 Å². The Kier molecular flexibility index (Phi) is 5.59. The molecule has 1 N–H and O–H groups in total. The van der Waals surface area contributed by atoms with Crippen LogP contribution in [-0.2, 0) is 6.54 Å². The van der Waals surface area contributed by atoms with Gasteiger partial charge in [-0.2, -0.15) is 0 Å². The third-order valence-corrected chi connectivity index (χ3v) is 2.95. The van der Waals surface area contributed by atoms with Crippen LogP contribution in [0.1, 0.15) is 26.3 Å². The Morgan fingerprint density at radius 2 is 1.88 bits per heavy atom. The molecule has 96 valence electrons. The summed E-state index contributed by atoms with van der Waals surface area (Å²) in [4.78, 5) is 2.16. The van der Waals surface area contributed by atoms with E-state index in [0.29, 0.717) is 18.6 Å². The van der Waals surface area contributed by atoms with Gasteiger partial charge in [0.25, 0.3) is 0 Å². The van der Waals surface area contributed by atoms with E-state index in [1.165, 1.54) is 6.07 Å². The van der Waals surface area contributed by atoms with Crippen molar-refractivity contribution >= 4 is 0 Å². The summed E-state index contributed by atoms with van der Waals surface area (Å²) in [5, 5.41) is 3.39. The highest BCUT2D eigenvalue weighted by Gasteiger charge is 2.11. The van der Waals surface area contributed by atoms with Gasteiger partial charge in [-0.3, -0.25) is 4.90 Å². The minimum atomic E-state index is -0.122. The lowest BCUT2D eigenvalue weighted by Gasteiger charge is -2.26. The zero-order valence-corrected chi connectivity index (χ0v) is 11.2. The number of nitrogens with zero attached hydrogens (tertiary/aromatic N) is 1. The molecular weight excluding hydrogens is 215 g/mol. The number of hydrogen-bond donors (Lipinski definition) is 1. The first-order valence-electron chi connectivity index (χ1n) is 6.17. The van der Waals surface area contributed by atoms with Crippen LogP contribution in [-0.4, -0.2) is 30.6 Å². The minimum Gasteiger partial charge on any atom is -0.313 e. The molecule has 0 fully saturated rings. The van der Waals surface area contributed by atoms with Crippen LogP contribution in [0.5, 0.6) is 0 Å². The van der Waals surface area contributed by atoms with Crippen molar-refractivity contribution < 1.29 is 4.39 Å². The first-order valence-corrected chi connectivity index (χ1v) is 6.17. The Labute approximate surface area is 104 Å². The van der Waals surface area contributed by atoms with Gasteiger partial charge in [0.05, 0.1) is 0 Å². The van der Waals surface area contributed by atoms with E-state index >= 15 is 0 Å². The van der Waals surface area contributed by atoms with Crippen LogP contribution >= 0.6 is 0 Å². The van der Waals surface area contributed by atoms with Gasteiger partial charge in [-0.1, -0.05) is 32.0 Å². The van der Waals surface area contributed by atoms with Gasteiger partial charge in [0, 0.05) is 30.7 Å². The molecule has 2 nitrogen and oxygen atoms in total. The highest BCUT2D eigenvalue weighted by Crippen LogP contribution is 2.10. The van der Waals surface area contributed by atoms with Crippen LogP contribution in [0.2, 0.25) is 0 Å². The fourth-order valence-electron chi connectivity index (χ4n) is 1.61. The maximum atomic E-state index is 13.5. The monoisotopic (exact) mass is 238 g/mol. The molecule has 17 heavy (non-hydrogen) atoms. The predicted molar refractivity (Wildman–Crippen MR) is 70.5 cm³/mol. The Bertz CT molecular complexity index is 339. The summed E-state index contributed by atoms with van der Waals surface area (Å²) in [6, 6.07) is 7.83. The van der Waals surface area contributed by atoms with Gasteiger partial charge in [0.15, 0.2) is 0 Å². The quantitative estimate of drug-likeness (QED) is 0.819. The Morgan fingerprint density at radius 3 is 2.47 bits per heavy atom. The van der Waals surface area contributed by atoms with Crippen LogP contribution in [0.25, 0.3) is 0 Å². The first kappa shape index (κ1) is 14.1. The summed E-state index contributed by atoms with van der Waals surface area (Å²) in [5.74, 6) is -0.122. The van der Waals surface area contributed by atoms with Crippen molar-refractivity contribution in [2.75, 3.05) is 13.6 Å². The molecule has 1 atom stereocenters. The highest BCUT2D eigenvalue weighted by atomic mass is 19.1. The molecular formula is C14H23FN2. The van der Waals surface area contributed by atoms with Gasteiger partial charge in [0.2, 0.25) is 0 Å². The van der Waals surface area contributed by atoms with E-state index in [4.69, 9.17) is 0 Å². The number of likely N-dealkylation sites (N-methyl/N-ethyl adjacent to an activating group) is 1. The summed E-state index contributed by atoms with van der Waals surface area (Å²) in [6.07, 6.45) is 0. The van der Waals surface area contributed by atoms with Crippen molar-refractivity contribution in [2.45, 2.75) is 39.4 Å². The van der Waals surface area contributed by atoms with Crippen molar-refractivity contribution in [1.82, 2.24) is 10.2 Å². The molecule has 1 rings (SSSR count). The van der Waals surface area contributed by atoms with Gasteiger partial charge in [-0.25, -0.2) is 4.39 Å². The Balaban J connectivity index is 2.48. The molecule has 1 unspecified atom stereocenters. The van der Waals surface area contributed by atoms with E-state index in [1.54, 1.807) is 6.07 Å². The number of hydrogen-bond acceptors (Lipinski definition) is 2. The van der Waals surface area contributed by atoms with E-state index in [-0.39, 0.29) is 5.82 Å². The second-order valence-corrected chi connectivity index (χ2v) is 4.92. The third-order valence-electron chi connectivity index (χ3n) is 2.95. The lowest BCUT2D eigenvalue weighted by atomic mass is 10.2. The van der Waals surface area contributed by atoms with Crippen molar-refractivity contribution in [3.63, 3.8) is 0 Å². The molecule has 1 aromatic carbocycles. The van der Waals surface area contributed by atoms with Crippen LogP contribution in [0.15, 0.2) is 24.3 Å². The van der Waals surface area contributed by atoms with Crippen LogP contribution < -0.4 is 5.32 Å². The van der Waals surface area contributed by atoms with Gasteiger partial charge < -0.3 is 5.32 Å². The lowest BCUT2D eigenvalue weighted by Crippen LogP contribution is -2.39. The van der Waals surface area contributed by atoms with Crippen molar-refractivity contribution in [3.8, 4) is 0 Å². The molecule has 0 aromatic heterocycles. The molecule has 0 radical (unpaired) electrons. The zero-order chi connectivity index (χ0) is 12.8. The van der Waals surface area contributed by atoms with Crippen LogP contribution in [0.4, 0.5) is 4.39 Å². The summed E-state index contributed by atoms with van der Waals surface area (Å²) in [5.41, 5.74) is 0.756. The molecule has 0 aliphatic heterocycles. The Morgan fingerprint density at radius 1 is 1.24 bits per heavy atom. The molecule has 0 aliphatic rings. The molecule has 0 saturated heterocycles. The molecule has 0 bridgehead atoms. The lowest BCUT2D eigenvalue weighted by molar-refractivity contribution is 0.236. The van der Waals surface area contributed by atoms with Gasteiger partial charge in [0.1, 0.15) is 5.82 Å². The fourth-order valence-corrected chi connectivity index (χ4v) is 1.61. The molecule has 0 aliphatic carbocycles. The van der Waals surface area contributed by atoms with Gasteiger partial charge in [-0.05, 0) is 20.0 Å². The minimum absolute atomic E-state index is 0.122. The zero-order valence-electron chi connectivity index (χ0n) is 11.2. The van der Waals surface area contributed by atoms with Crippen LogP contribution in [0.3, 0.4) is 0 Å². The van der Waals surface area contributed by atoms with Gasteiger partial charge >= 0.3 is 0 Å². The highest BCUT2D eigenvalue weighted by molar-refractivity contribution is 5.17. The maximum Gasteiger partial charge on any atom is 0.127 e. The first-order chi connectivity index (χ1) is 8.00. The summed E-state index contributed by atoms with van der Waals surface area (Å²) < 4.78 is 13.5. The normalized spacial score (nSPS) is 13.4. The second kappa shape index (κ2) is 6.72. The average molecular weight is 238 g/mol. The van der Waals surface area contributed by atoms with E-state index in [0.717, 1.165) is 12.1 Å². The summed E-state index contributed by atoms with van der Waals surface area (Å²) >= 11 is 0. The molecule has 3 heteroatoms. The number of halogens is 1. The standard InChI is InChI=1S/C14H23FN2/c1-11(2)16-9-12(3)17(4)10-13-7-5-6-8-14(13)15/h5-8,11-12,16H,9-10H2,1-4H3. The van der Waals surface area contributed by atoms with E-state index in [9.17, 15) is 4.39 Å². The summed E-state index contributed by atoms with van der Waals surface area (Å²) in [6.45, 7) is 7.97.